The first-order valence-corrected chi connectivity index (χ1v) is 10.6. The monoisotopic (exact) mass is 446 g/mol. The summed E-state index contributed by atoms with van der Waals surface area (Å²) < 4.78 is 0. The second kappa shape index (κ2) is 9.65. The Labute approximate surface area is 186 Å². The lowest BCUT2D eigenvalue weighted by molar-refractivity contribution is -0.140. The van der Waals surface area contributed by atoms with Crippen LogP contribution in [0.2, 0.25) is 10.0 Å². The van der Waals surface area contributed by atoms with Gasteiger partial charge in [-0.05, 0) is 55.1 Å². The van der Waals surface area contributed by atoms with E-state index < -0.39 is 17.7 Å². The summed E-state index contributed by atoms with van der Waals surface area (Å²) in [5.74, 6) is -1.52. The fourth-order valence-corrected chi connectivity index (χ4v) is 3.91. The van der Waals surface area contributed by atoms with E-state index in [1.807, 2.05) is 0 Å². The first kappa shape index (κ1) is 22.3. The van der Waals surface area contributed by atoms with Crippen LogP contribution in [0, 0.1) is 0 Å². The van der Waals surface area contributed by atoms with Gasteiger partial charge in [-0.2, -0.15) is 0 Å². The fraction of sp³-hybridized carbons (Fsp3) is 0.304. The Bertz CT molecular complexity index is 951. The molecule has 0 spiro atoms. The van der Waals surface area contributed by atoms with Crippen molar-refractivity contribution in [2.45, 2.75) is 19.9 Å². The Balaban J connectivity index is 2.08. The lowest BCUT2D eigenvalue weighted by Crippen LogP contribution is -2.38. The van der Waals surface area contributed by atoms with Crippen LogP contribution >= 0.6 is 23.2 Å². The zero-order chi connectivity index (χ0) is 21.8. The second-order valence-electron chi connectivity index (χ2n) is 7.08. The standard InChI is InChI=1S/C23H24Cl2N2O3/c1-3-26(4-2)13-14-27-20(15-5-9-17(24)10-6-15)19(22(29)23(27)30)21(28)16-7-11-18(25)12-8-16/h5-12,20,28H,3-4,13-14H2,1-2H3/b21-19+/t20-/m0/s1. The summed E-state index contributed by atoms with van der Waals surface area (Å²) >= 11 is 12.0. The molecule has 158 valence electrons. The number of likely N-dealkylation sites (N-methyl/N-ethyl adjacent to an activating group) is 1. The average molecular weight is 447 g/mol. The van der Waals surface area contributed by atoms with E-state index in [-0.39, 0.29) is 11.3 Å². The van der Waals surface area contributed by atoms with Gasteiger partial charge in [-0.15, -0.1) is 0 Å². The molecule has 7 heteroatoms. The Morgan fingerprint density at radius 3 is 2.03 bits per heavy atom. The molecule has 1 N–H and O–H groups in total. The molecule has 5 nitrogen and oxygen atoms in total. The zero-order valence-corrected chi connectivity index (χ0v) is 18.5. The van der Waals surface area contributed by atoms with Crippen molar-refractivity contribution in [3.63, 3.8) is 0 Å². The third-order valence-corrected chi connectivity index (χ3v) is 5.90. The van der Waals surface area contributed by atoms with Crippen LogP contribution < -0.4 is 0 Å². The molecule has 1 saturated heterocycles. The summed E-state index contributed by atoms with van der Waals surface area (Å²) in [4.78, 5) is 29.6. The quantitative estimate of drug-likeness (QED) is 0.378. The first-order chi connectivity index (χ1) is 14.4. The van der Waals surface area contributed by atoms with Gasteiger partial charge in [-0.1, -0.05) is 49.2 Å². The number of hydrogen-bond acceptors (Lipinski definition) is 4. The van der Waals surface area contributed by atoms with Crippen LogP contribution in [0.5, 0.6) is 0 Å². The number of halogens is 2. The van der Waals surface area contributed by atoms with Crippen molar-refractivity contribution in [3.05, 3.63) is 75.3 Å². The van der Waals surface area contributed by atoms with E-state index in [0.717, 1.165) is 13.1 Å². The van der Waals surface area contributed by atoms with E-state index in [1.165, 1.54) is 4.90 Å². The van der Waals surface area contributed by atoms with Gasteiger partial charge in [0, 0.05) is 28.7 Å². The first-order valence-electron chi connectivity index (χ1n) is 9.89. The number of benzene rings is 2. The van der Waals surface area contributed by atoms with Crippen LogP contribution in [0.25, 0.3) is 5.76 Å². The normalized spacial score (nSPS) is 18.4. The largest absolute Gasteiger partial charge is 0.507 e. The van der Waals surface area contributed by atoms with Gasteiger partial charge in [0.2, 0.25) is 0 Å². The number of aliphatic hydroxyl groups is 1. The van der Waals surface area contributed by atoms with Gasteiger partial charge < -0.3 is 14.9 Å². The smallest absolute Gasteiger partial charge is 0.295 e. The predicted molar refractivity (Wildman–Crippen MR) is 120 cm³/mol. The highest BCUT2D eigenvalue weighted by molar-refractivity contribution is 6.46. The number of likely N-dealkylation sites (tertiary alicyclic amines) is 1. The molecule has 2 aromatic rings. The van der Waals surface area contributed by atoms with E-state index in [9.17, 15) is 14.7 Å². The topological polar surface area (TPSA) is 60.9 Å². The van der Waals surface area contributed by atoms with Gasteiger partial charge in [0.15, 0.2) is 0 Å². The summed E-state index contributed by atoms with van der Waals surface area (Å²) in [6, 6.07) is 12.8. The molecule has 0 saturated carbocycles. The number of carbonyl (C=O) groups excluding carboxylic acids is 2. The molecule has 3 rings (SSSR count). The summed E-state index contributed by atoms with van der Waals surface area (Å²) in [6.07, 6.45) is 0. The van der Waals surface area contributed by atoms with Crippen molar-refractivity contribution in [2.24, 2.45) is 0 Å². The van der Waals surface area contributed by atoms with Gasteiger partial charge in [-0.25, -0.2) is 0 Å². The summed E-state index contributed by atoms with van der Waals surface area (Å²) in [6.45, 7) is 6.79. The molecule has 0 aromatic heterocycles. The molecule has 0 aliphatic carbocycles. The Kier molecular flexibility index (Phi) is 7.19. The number of carbonyl (C=O) groups is 2. The summed E-state index contributed by atoms with van der Waals surface area (Å²) in [5, 5.41) is 12.0. The molecule has 0 radical (unpaired) electrons. The minimum atomic E-state index is -0.693. The molecule has 30 heavy (non-hydrogen) atoms. The molecular formula is C23H24Cl2N2O3. The maximum Gasteiger partial charge on any atom is 0.295 e. The van der Waals surface area contributed by atoms with E-state index in [4.69, 9.17) is 23.2 Å². The van der Waals surface area contributed by atoms with E-state index in [2.05, 4.69) is 18.7 Å². The van der Waals surface area contributed by atoms with E-state index >= 15 is 0 Å². The number of nitrogens with zero attached hydrogens (tertiary/aromatic N) is 2. The molecule has 2 aromatic carbocycles. The fourth-order valence-electron chi connectivity index (χ4n) is 3.65. The molecule has 1 amide bonds. The van der Waals surface area contributed by atoms with Gasteiger partial charge >= 0.3 is 0 Å². The number of ketones is 1. The lowest BCUT2D eigenvalue weighted by atomic mass is 9.95. The number of Topliss-reactive ketones (excluding diaryl/α,β-unsaturated/α-hetero) is 1. The van der Waals surface area contributed by atoms with Crippen LogP contribution in [0.4, 0.5) is 0 Å². The Morgan fingerprint density at radius 1 is 0.967 bits per heavy atom. The van der Waals surface area contributed by atoms with Crippen molar-refractivity contribution in [1.82, 2.24) is 9.80 Å². The number of amides is 1. The molecule has 1 aliphatic rings. The van der Waals surface area contributed by atoms with Crippen molar-refractivity contribution in [3.8, 4) is 0 Å². The maximum absolute atomic E-state index is 13.0. The van der Waals surface area contributed by atoms with Crippen molar-refractivity contribution in [1.29, 1.82) is 0 Å². The van der Waals surface area contributed by atoms with Gasteiger partial charge in [-0.3, -0.25) is 9.59 Å². The van der Waals surface area contributed by atoms with Crippen molar-refractivity contribution in [2.75, 3.05) is 26.2 Å². The predicted octanol–water partition coefficient (Wildman–Crippen LogP) is 4.76. The van der Waals surface area contributed by atoms with Crippen LogP contribution in [0.1, 0.15) is 31.0 Å². The molecule has 0 unspecified atom stereocenters. The molecule has 0 bridgehead atoms. The Morgan fingerprint density at radius 2 is 1.50 bits per heavy atom. The highest BCUT2D eigenvalue weighted by atomic mass is 35.5. The van der Waals surface area contributed by atoms with Gasteiger partial charge in [0.1, 0.15) is 5.76 Å². The van der Waals surface area contributed by atoms with Crippen LogP contribution in [0.15, 0.2) is 54.1 Å². The molecule has 1 atom stereocenters. The third-order valence-electron chi connectivity index (χ3n) is 5.39. The minimum absolute atomic E-state index is 0.0733. The molecule has 1 aliphatic heterocycles. The number of aliphatic hydroxyl groups excluding tert-OH is 1. The second-order valence-corrected chi connectivity index (χ2v) is 7.95. The van der Waals surface area contributed by atoms with Gasteiger partial charge in [0.05, 0.1) is 11.6 Å². The summed E-state index contributed by atoms with van der Waals surface area (Å²) in [7, 11) is 0. The lowest BCUT2D eigenvalue weighted by Gasteiger charge is -2.28. The maximum atomic E-state index is 13.0. The molecule has 1 heterocycles. The molecule has 1 fully saturated rings. The number of rotatable bonds is 7. The SMILES string of the molecule is CCN(CC)CCN1C(=O)C(=O)/C(=C(/O)c2ccc(Cl)cc2)[C@@H]1c1ccc(Cl)cc1. The average Bonchev–Trinajstić information content (AvgIpc) is 3.00. The third kappa shape index (κ3) is 4.53. The van der Waals surface area contributed by atoms with E-state index in [1.54, 1.807) is 48.5 Å². The summed E-state index contributed by atoms with van der Waals surface area (Å²) in [5.41, 5.74) is 1.22. The van der Waals surface area contributed by atoms with Crippen LogP contribution in [-0.4, -0.2) is 52.8 Å². The molecular weight excluding hydrogens is 423 g/mol. The van der Waals surface area contributed by atoms with Gasteiger partial charge in [0.25, 0.3) is 11.7 Å². The zero-order valence-electron chi connectivity index (χ0n) is 16.9. The number of hydrogen-bond donors (Lipinski definition) is 1. The minimum Gasteiger partial charge on any atom is -0.507 e. The Hall–Kier alpha value is -2.34. The highest BCUT2D eigenvalue weighted by Crippen LogP contribution is 2.39. The van der Waals surface area contributed by atoms with Crippen LogP contribution in [0.3, 0.4) is 0 Å². The van der Waals surface area contributed by atoms with Crippen LogP contribution in [-0.2, 0) is 9.59 Å². The van der Waals surface area contributed by atoms with E-state index in [0.29, 0.717) is 34.3 Å². The van der Waals surface area contributed by atoms with Crippen molar-refractivity contribution >= 4 is 40.7 Å². The highest BCUT2D eigenvalue weighted by Gasteiger charge is 2.45. The van der Waals surface area contributed by atoms with Crippen molar-refractivity contribution < 1.29 is 14.7 Å².